The van der Waals surface area contributed by atoms with Gasteiger partial charge >= 0.3 is 12.1 Å². The summed E-state index contributed by atoms with van der Waals surface area (Å²) in [7, 11) is 0. The van der Waals surface area contributed by atoms with Crippen molar-refractivity contribution in [1.82, 2.24) is 0 Å². The molecule has 0 amide bonds. The number of carbonyl (C=O) groups is 1. The third-order valence-electron chi connectivity index (χ3n) is 4.24. The quantitative estimate of drug-likeness (QED) is 0.225. The molecule has 0 atom stereocenters. The Morgan fingerprint density at radius 1 is 0.923 bits per heavy atom. The zero-order valence-electron chi connectivity index (χ0n) is 15.3. The van der Waals surface area contributed by atoms with Gasteiger partial charge in [-0.2, -0.15) is 13.2 Å². The van der Waals surface area contributed by atoms with Gasteiger partial charge in [-0.25, -0.2) is 9.18 Å². The van der Waals surface area contributed by atoms with Gasteiger partial charge in [0.2, 0.25) is 0 Å². The van der Waals surface area contributed by atoms with Crippen LogP contribution in [0.4, 0.5) is 17.6 Å². The van der Waals surface area contributed by atoms with Gasteiger partial charge in [0.15, 0.2) is 0 Å². The van der Waals surface area contributed by atoms with E-state index in [0.29, 0.717) is 12.5 Å². The number of ether oxygens (including phenoxy) is 1. The van der Waals surface area contributed by atoms with Crippen LogP contribution in [-0.4, -0.2) is 12.6 Å². The summed E-state index contributed by atoms with van der Waals surface area (Å²) in [5.41, 5.74) is -1.95. The molecule has 0 bridgehead atoms. The Hall–Kier alpha value is -1.59. The number of hydrogen-bond acceptors (Lipinski definition) is 2. The smallest absolute Gasteiger partial charge is 0.417 e. The Morgan fingerprint density at radius 3 is 2.00 bits per heavy atom. The van der Waals surface area contributed by atoms with Gasteiger partial charge in [0.1, 0.15) is 5.82 Å². The standard InChI is InChI=1S/C20H28F4O2/c1-2-3-4-5-6-7-8-9-10-11-14-26-19(25)17-13-12-16(21)15-18(17)20(22,23)24/h12-13,15H,2-11,14H2,1H3. The average Bonchev–Trinajstić information content (AvgIpc) is 2.58. The average molecular weight is 376 g/mol. The molecule has 0 saturated heterocycles. The van der Waals surface area contributed by atoms with Crippen LogP contribution in [-0.2, 0) is 10.9 Å². The van der Waals surface area contributed by atoms with Crippen molar-refractivity contribution in [3.05, 3.63) is 35.1 Å². The lowest BCUT2D eigenvalue weighted by atomic mass is 10.1. The van der Waals surface area contributed by atoms with Gasteiger partial charge in [-0.05, 0) is 24.6 Å². The number of alkyl halides is 3. The van der Waals surface area contributed by atoms with Crippen molar-refractivity contribution >= 4 is 5.97 Å². The van der Waals surface area contributed by atoms with Crippen LogP contribution in [0.3, 0.4) is 0 Å². The molecular weight excluding hydrogens is 348 g/mol. The summed E-state index contributed by atoms with van der Waals surface area (Å²) in [6.45, 7) is 2.26. The molecule has 0 radical (unpaired) electrons. The van der Waals surface area contributed by atoms with Gasteiger partial charge in [0.05, 0.1) is 17.7 Å². The Bertz CT molecular complexity index is 541. The highest BCUT2D eigenvalue weighted by molar-refractivity contribution is 5.91. The second-order valence-corrected chi connectivity index (χ2v) is 6.51. The Kier molecular flexibility index (Phi) is 10.3. The van der Waals surface area contributed by atoms with E-state index in [0.717, 1.165) is 31.4 Å². The van der Waals surface area contributed by atoms with E-state index >= 15 is 0 Å². The number of unbranched alkanes of at least 4 members (excludes halogenated alkanes) is 9. The van der Waals surface area contributed by atoms with Gasteiger partial charge in [-0.3, -0.25) is 0 Å². The number of hydrogen-bond donors (Lipinski definition) is 0. The lowest BCUT2D eigenvalue weighted by molar-refractivity contribution is -0.138. The summed E-state index contributed by atoms with van der Waals surface area (Å²) in [5.74, 6) is -2.10. The summed E-state index contributed by atoms with van der Waals surface area (Å²) < 4.78 is 56.6. The highest BCUT2D eigenvalue weighted by Crippen LogP contribution is 2.32. The van der Waals surface area contributed by atoms with Crippen LogP contribution >= 0.6 is 0 Å². The molecule has 0 fully saturated rings. The van der Waals surface area contributed by atoms with E-state index in [1.807, 2.05) is 0 Å². The fraction of sp³-hybridized carbons (Fsp3) is 0.650. The second-order valence-electron chi connectivity index (χ2n) is 6.51. The molecule has 0 N–H and O–H groups in total. The second kappa shape index (κ2) is 11.9. The third kappa shape index (κ3) is 8.68. The molecule has 1 aromatic rings. The van der Waals surface area contributed by atoms with Crippen molar-refractivity contribution in [2.45, 2.75) is 77.3 Å². The number of halogens is 4. The largest absolute Gasteiger partial charge is 0.462 e. The molecule has 0 aliphatic heterocycles. The van der Waals surface area contributed by atoms with E-state index in [9.17, 15) is 22.4 Å². The van der Waals surface area contributed by atoms with E-state index in [-0.39, 0.29) is 6.61 Å². The first-order chi connectivity index (χ1) is 12.4. The maximum atomic E-state index is 13.0. The summed E-state index contributed by atoms with van der Waals surface area (Å²) in [6, 6.07) is 1.96. The zero-order chi connectivity index (χ0) is 19.4. The minimum atomic E-state index is -4.80. The van der Waals surface area contributed by atoms with Crippen molar-refractivity contribution in [3.63, 3.8) is 0 Å². The molecule has 0 aliphatic carbocycles. The molecule has 0 spiro atoms. The molecule has 26 heavy (non-hydrogen) atoms. The first-order valence-electron chi connectivity index (χ1n) is 9.40. The lowest BCUT2D eigenvalue weighted by Crippen LogP contribution is -2.16. The van der Waals surface area contributed by atoms with Crippen LogP contribution in [0.5, 0.6) is 0 Å². The Morgan fingerprint density at radius 2 is 1.46 bits per heavy atom. The number of carbonyl (C=O) groups excluding carboxylic acids is 1. The molecule has 0 saturated carbocycles. The minimum absolute atomic E-state index is 0.0734. The number of benzene rings is 1. The van der Waals surface area contributed by atoms with Crippen molar-refractivity contribution < 1.29 is 27.1 Å². The molecule has 2 nitrogen and oxygen atoms in total. The van der Waals surface area contributed by atoms with Crippen LogP contribution in [0.2, 0.25) is 0 Å². The molecule has 1 rings (SSSR count). The van der Waals surface area contributed by atoms with Gasteiger partial charge in [-0.1, -0.05) is 64.7 Å². The predicted octanol–water partition coefficient (Wildman–Crippen LogP) is 6.92. The fourth-order valence-corrected chi connectivity index (χ4v) is 2.76. The summed E-state index contributed by atoms with van der Waals surface area (Å²) in [5, 5.41) is 0. The monoisotopic (exact) mass is 376 g/mol. The summed E-state index contributed by atoms with van der Waals surface area (Å²) in [4.78, 5) is 11.8. The van der Waals surface area contributed by atoms with E-state index < -0.39 is 29.1 Å². The van der Waals surface area contributed by atoms with Crippen LogP contribution < -0.4 is 0 Å². The molecule has 0 unspecified atom stereocenters. The van der Waals surface area contributed by atoms with Crippen LogP contribution in [0.1, 0.15) is 87.1 Å². The third-order valence-corrected chi connectivity index (χ3v) is 4.24. The molecular formula is C20H28F4O2. The van der Waals surface area contributed by atoms with Crippen LogP contribution in [0, 0.1) is 5.82 Å². The molecule has 148 valence electrons. The number of esters is 1. The SMILES string of the molecule is CCCCCCCCCCCCOC(=O)c1ccc(F)cc1C(F)(F)F. The molecule has 6 heteroatoms. The lowest BCUT2D eigenvalue weighted by Gasteiger charge is -2.12. The number of rotatable bonds is 12. The zero-order valence-corrected chi connectivity index (χ0v) is 15.3. The normalized spacial score (nSPS) is 11.6. The Labute approximate surface area is 152 Å². The highest BCUT2D eigenvalue weighted by Gasteiger charge is 2.36. The van der Waals surface area contributed by atoms with Crippen LogP contribution in [0.15, 0.2) is 18.2 Å². The van der Waals surface area contributed by atoms with E-state index in [1.54, 1.807) is 0 Å². The summed E-state index contributed by atoms with van der Waals surface area (Å²) in [6.07, 6.45) is 6.34. The summed E-state index contributed by atoms with van der Waals surface area (Å²) >= 11 is 0. The molecule has 0 aromatic heterocycles. The molecule has 0 heterocycles. The topological polar surface area (TPSA) is 26.3 Å². The minimum Gasteiger partial charge on any atom is -0.462 e. The molecule has 1 aromatic carbocycles. The highest BCUT2D eigenvalue weighted by atomic mass is 19.4. The van der Waals surface area contributed by atoms with Gasteiger partial charge in [0, 0.05) is 0 Å². The van der Waals surface area contributed by atoms with Crippen molar-refractivity contribution in [2.75, 3.05) is 6.61 Å². The van der Waals surface area contributed by atoms with Gasteiger partial charge < -0.3 is 4.74 Å². The van der Waals surface area contributed by atoms with E-state index in [2.05, 4.69) is 6.92 Å². The van der Waals surface area contributed by atoms with E-state index in [1.165, 1.54) is 38.5 Å². The maximum Gasteiger partial charge on any atom is 0.417 e. The van der Waals surface area contributed by atoms with E-state index in [4.69, 9.17) is 4.74 Å². The first-order valence-corrected chi connectivity index (χ1v) is 9.40. The van der Waals surface area contributed by atoms with Crippen molar-refractivity contribution in [2.24, 2.45) is 0 Å². The van der Waals surface area contributed by atoms with Gasteiger partial charge in [0.25, 0.3) is 0 Å². The molecule has 0 aliphatic rings. The Balaban J connectivity index is 2.23. The van der Waals surface area contributed by atoms with Crippen molar-refractivity contribution in [3.8, 4) is 0 Å². The first kappa shape index (κ1) is 22.5. The maximum absolute atomic E-state index is 13.0. The van der Waals surface area contributed by atoms with Gasteiger partial charge in [-0.15, -0.1) is 0 Å². The van der Waals surface area contributed by atoms with Crippen molar-refractivity contribution in [1.29, 1.82) is 0 Å². The van der Waals surface area contributed by atoms with Crippen LogP contribution in [0.25, 0.3) is 0 Å². The predicted molar refractivity (Wildman–Crippen MR) is 93.5 cm³/mol. The fourth-order valence-electron chi connectivity index (χ4n) is 2.76.